The molecule has 9 heteroatoms. The number of carbonyl (C=O) groups excluding carboxylic acids is 1. The first-order valence-corrected chi connectivity index (χ1v) is 11.7. The zero-order valence-corrected chi connectivity index (χ0v) is 17.9. The van der Waals surface area contributed by atoms with Gasteiger partial charge in [0.05, 0.1) is 28.6 Å². The van der Waals surface area contributed by atoms with Gasteiger partial charge in [0.15, 0.2) is 0 Å². The zero-order chi connectivity index (χ0) is 20.6. The Hall–Kier alpha value is -1.80. The molecule has 0 aliphatic carbocycles. The van der Waals surface area contributed by atoms with Crippen molar-refractivity contribution >= 4 is 50.5 Å². The zero-order valence-electron chi connectivity index (χ0n) is 15.5. The Morgan fingerprint density at radius 2 is 2.00 bits per heavy atom. The van der Waals surface area contributed by atoms with Crippen molar-refractivity contribution in [3.8, 4) is 0 Å². The highest BCUT2D eigenvalue weighted by Gasteiger charge is 2.29. The molecule has 0 saturated carbocycles. The molecule has 0 aromatic heterocycles. The number of halogens is 2. The summed E-state index contributed by atoms with van der Waals surface area (Å²) >= 11 is 12.5. The van der Waals surface area contributed by atoms with Gasteiger partial charge in [-0.3, -0.25) is 9.10 Å². The second kappa shape index (κ2) is 8.14. The number of anilines is 2. The van der Waals surface area contributed by atoms with E-state index in [9.17, 15) is 13.2 Å². The molecule has 1 N–H and O–H groups in total. The van der Waals surface area contributed by atoms with Crippen LogP contribution in [-0.2, 0) is 14.8 Å². The summed E-state index contributed by atoms with van der Waals surface area (Å²) in [5, 5.41) is 3.59. The lowest BCUT2D eigenvalue weighted by Gasteiger charge is -2.18. The van der Waals surface area contributed by atoms with Gasteiger partial charge >= 0.3 is 0 Å². The number of sulfonamides is 1. The van der Waals surface area contributed by atoms with E-state index in [2.05, 4.69) is 5.32 Å². The monoisotopic (exact) mass is 454 g/mol. The van der Waals surface area contributed by atoms with Gasteiger partial charge < -0.3 is 10.1 Å². The minimum absolute atomic E-state index is 0.104. The number of nitrogens with one attached hydrogen (secondary N) is 1. The number of benzene rings is 2. The van der Waals surface area contributed by atoms with Crippen LogP contribution < -0.4 is 9.62 Å². The Morgan fingerprint density at radius 1 is 1.17 bits per heavy atom. The van der Waals surface area contributed by atoms with Crippen LogP contribution in [-0.4, -0.2) is 39.8 Å². The first-order chi connectivity index (χ1) is 13.8. The third-order valence-corrected chi connectivity index (χ3v) is 7.58. The molecule has 6 nitrogen and oxygen atoms in total. The molecule has 154 valence electrons. The van der Waals surface area contributed by atoms with E-state index in [-0.39, 0.29) is 22.3 Å². The average molecular weight is 455 g/mol. The normalized spacial score (nSPS) is 20.8. The SMILES string of the molecule is O=C(Nc1cc(Cl)cc([C@@H]2CCOC2)c1)c1cc(N2CCCS2(=O)=O)ccc1Cl. The first kappa shape index (κ1) is 20.5. The fourth-order valence-electron chi connectivity index (χ4n) is 3.69. The molecule has 2 aromatic carbocycles. The van der Waals surface area contributed by atoms with Crippen molar-refractivity contribution in [2.45, 2.75) is 18.8 Å². The number of ether oxygens (including phenoxy) is 1. The molecule has 0 unspecified atom stereocenters. The number of hydrogen-bond acceptors (Lipinski definition) is 4. The first-order valence-electron chi connectivity index (χ1n) is 9.33. The van der Waals surface area contributed by atoms with E-state index < -0.39 is 15.9 Å². The van der Waals surface area contributed by atoms with E-state index in [4.69, 9.17) is 27.9 Å². The molecule has 0 bridgehead atoms. The van der Waals surface area contributed by atoms with Crippen LogP contribution in [0.1, 0.15) is 34.7 Å². The minimum atomic E-state index is -3.35. The van der Waals surface area contributed by atoms with E-state index in [1.165, 1.54) is 10.4 Å². The lowest BCUT2D eigenvalue weighted by atomic mass is 9.98. The lowest BCUT2D eigenvalue weighted by molar-refractivity contribution is 0.102. The van der Waals surface area contributed by atoms with Gasteiger partial charge in [-0.15, -0.1) is 0 Å². The molecule has 2 aromatic rings. The molecule has 2 heterocycles. The summed E-state index contributed by atoms with van der Waals surface area (Å²) in [5.41, 5.74) is 2.21. The van der Waals surface area contributed by atoms with Crippen LogP contribution in [0.25, 0.3) is 0 Å². The molecule has 1 atom stereocenters. The maximum Gasteiger partial charge on any atom is 0.257 e. The highest BCUT2D eigenvalue weighted by Crippen LogP contribution is 2.32. The van der Waals surface area contributed by atoms with E-state index >= 15 is 0 Å². The van der Waals surface area contributed by atoms with E-state index in [0.29, 0.717) is 42.6 Å². The van der Waals surface area contributed by atoms with E-state index in [1.54, 1.807) is 18.2 Å². The van der Waals surface area contributed by atoms with E-state index in [0.717, 1.165) is 12.0 Å². The highest BCUT2D eigenvalue weighted by atomic mass is 35.5. The number of rotatable bonds is 4. The number of carbonyl (C=O) groups is 1. The molecule has 0 spiro atoms. The van der Waals surface area contributed by atoms with Crippen LogP contribution in [0, 0.1) is 0 Å². The molecule has 1 amide bonds. The van der Waals surface area contributed by atoms with Crippen LogP contribution in [0.3, 0.4) is 0 Å². The third kappa shape index (κ3) is 4.38. The Balaban J connectivity index is 1.59. The van der Waals surface area contributed by atoms with Crippen LogP contribution in [0.15, 0.2) is 36.4 Å². The fourth-order valence-corrected chi connectivity index (χ4v) is 5.69. The fraction of sp³-hybridized carbons (Fsp3) is 0.350. The van der Waals surface area contributed by atoms with Crippen molar-refractivity contribution in [3.05, 3.63) is 57.6 Å². The predicted molar refractivity (Wildman–Crippen MR) is 115 cm³/mol. The standard InChI is InChI=1S/C20H20Cl2N2O4S/c21-15-8-14(13-4-6-28-12-13)9-16(10-15)23-20(25)18-11-17(2-3-19(18)22)24-5-1-7-29(24,26)27/h2-3,8-11,13H,1,4-7,12H2,(H,23,25)/t13-/m1/s1. The summed E-state index contributed by atoms with van der Waals surface area (Å²) in [6.45, 7) is 1.73. The van der Waals surface area contributed by atoms with Crippen molar-refractivity contribution in [2.75, 3.05) is 35.1 Å². The Labute approximate surface area is 179 Å². The van der Waals surface area contributed by atoms with Gasteiger partial charge in [0.2, 0.25) is 10.0 Å². The molecule has 29 heavy (non-hydrogen) atoms. The maximum atomic E-state index is 12.9. The van der Waals surface area contributed by atoms with Crippen molar-refractivity contribution in [1.29, 1.82) is 0 Å². The van der Waals surface area contributed by atoms with Gasteiger partial charge in [-0.25, -0.2) is 8.42 Å². The van der Waals surface area contributed by atoms with Gasteiger partial charge in [-0.05, 0) is 54.8 Å². The molecule has 2 aliphatic rings. The summed E-state index contributed by atoms with van der Waals surface area (Å²) in [4.78, 5) is 12.9. The summed E-state index contributed by atoms with van der Waals surface area (Å²) < 4.78 is 31.1. The van der Waals surface area contributed by atoms with Crippen molar-refractivity contribution in [2.24, 2.45) is 0 Å². The van der Waals surface area contributed by atoms with Gasteiger partial charge in [0.25, 0.3) is 5.91 Å². The van der Waals surface area contributed by atoms with E-state index in [1.807, 2.05) is 12.1 Å². The Morgan fingerprint density at radius 3 is 2.69 bits per heavy atom. The number of hydrogen-bond donors (Lipinski definition) is 1. The molecule has 2 fully saturated rings. The van der Waals surface area contributed by atoms with Crippen LogP contribution in [0.4, 0.5) is 11.4 Å². The molecule has 0 radical (unpaired) electrons. The third-order valence-electron chi connectivity index (χ3n) is 5.16. The largest absolute Gasteiger partial charge is 0.381 e. The van der Waals surface area contributed by atoms with Crippen LogP contribution >= 0.6 is 23.2 Å². The quantitative estimate of drug-likeness (QED) is 0.747. The molecule has 2 aliphatic heterocycles. The van der Waals surface area contributed by atoms with Crippen LogP contribution in [0.5, 0.6) is 0 Å². The molecular weight excluding hydrogens is 435 g/mol. The lowest BCUT2D eigenvalue weighted by Crippen LogP contribution is -2.25. The molecular formula is C20H20Cl2N2O4S. The maximum absolute atomic E-state index is 12.9. The second-order valence-corrected chi connectivity index (χ2v) is 10.1. The average Bonchev–Trinajstić information content (AvgIpc) is 3.31. The summed E-state index contributed by atoms with van der Waals surface area (Å²) in [6.07, 6.45) is 1.47. The van der Waals surface area contributed by atoms with Crippen molar-refractivity contribution in [1.82, 2.24) is 0 Å². The second-order valence-electron chi connectivity index (χ2n) is 7.19. The van der Waals surface area contributed by atoms with Crippen molar-refractivity contribution < 1.29 is 17.9 Å². The summed E-state index contributed by atoms with van der Waals surface area (Å²) in [6, 6.07) is 10.1. The summed E-state index contributed by atoms with van der Waals surface area (Å²) in [7, 11) is -3.35. The Bertz CT molecular complexity index is 1050. The van der Waals surface area contributed by atoms with Gasteiger partial charge in [0.1, 0.15) is 0 Å². The number of nitrogens with zero attached hydrogens (tertiary/aromatic N) is 1. The smallest absolute Gasteiger partial charge is 0.257 e. The predicted octanol–water partition coefficient (Wildman–Crippen LogP) is 4.29. The minimum Gasteiger partial charge on any atom is -0.381 e. The number of amides is 1. The molecule has 2 saturated heterocycles. The van der Waals surface area contributed by atoms with Crippen molar-refractivity contribution in [3.63, 3.8) is 0 Å². The highest BCUT2D eigenvalue weighted by molar-refractivity contribution is 7.93. The van der Waals surface area contributed by atoms with Gasteiger partial charge in [-0.2, -0.15) is 0 Å². The van der Waals surface area contributed by atoms with Gasteiger partial charge in [-0.1, -0.05) is 23.2 Å². The Kier molecular flexibility index (Phi) is 5.75. The summed E-state index contributed by atoms with van der Waals surface area (Å²) in [5.74, 6) is -0.0752. The van der Waals surface area contributed by atoms with Crippen LogP contribution in [0.2, 0.25) is 10.0 Å². The van der Waals surface area contributed by atoms with Gasteiger partial charge in [0, 0.05) is 29.8 Å². The molecule has 4 rings (SSSR count). The topological polar surface area (TPSA) is 75.7 Å².